The van der Waals surface area contributed by atoms with Gasteiger partial charge in [-0.25, -0.2) is 4.79 Å². The molecule has 0 N–H and O–H groups in total. The van der Waals surface area contributed by atoms with E-state index in [0.29, 0.717) is 0 Å². The topological polar surface area (TPSA) is 54.1 Å². The fourth-order valence-electron chi connectivity index (χ4n) is 0.176. The van der Waals surface area contributed by atoms with E-state index in [-0.39, 0.29) is 12.4 Å². The van der Waals surface area contributed by atoms with Crippen LogP contribution in [0.1, 0.15) is 0 Å². The molecule has 0 atom stereocenters. The lowest BCUT2D eigenvalue weighted by atomic mass is 11.1. The van der Waals surface area contributed by atoms with Gasteiger partial charge in [0.25, 0.3) is 0 Å². The average molecular weight is 119 g/mol. The number of carbonyl (C=O) groups is 1. The number of nitrogens with zero attached hydrogens (tertiary/aromatic N) is 3. The first kappa shape index (κ1) is 6.23. The zero-order valence-corrected chi connectivity index (χ0v) is 3.96. The molecule has 0 bridgehead atoms. The third-order valence-electron chi connectivity index (χ3n) is 0.363. The van der Waals surface area contributed by atoms with Crippen LogP contribution in [0.5, 0.6) is 0 Å². The summed E-state index contributed by atoms with van der Waals surface area (Å²) in [7, 11) is 0. The Morgan fingerprint density at radius 2 is 2.29 bits per heavy atom. The number of hydrogen-bond acceptors (Lipinski definition) is 2. The van der Waals surface area contributed by atoms with Crippen LogP contribution in [0.2, 0.25) is 0 Å². The highest BCUT2D eigenvalue weighted by molar-refractivity contribution is 5.87. The fourth-order valence-corrected chi connectivity index (χ4v) is 0.176. The van der Waals surface area contributed by atoms with Crippen LogP contribution in [0.4, 0.5) is 4.79 Å². The smallest absolute Gasteiger partial charge is 0.387 e. The standard InChI is InChI=1S/C2HN3O.ClH/c6-2-3-1-4-5-2;/h1H;1H/p-1. The normalized spacial score (nSPS) is 14.6. The first-order chi connectivity index (χ1) is 2.89. The van der Waals surface area contributed by atoms with Gasteiger partial charge in [0.2, 0.25) is 0 Å². The van der Waals surface area contributed by atoms with Gasteiger partial charge in [0.1, 0.15) is 6.34 Å². The maximum Gasteiger partial charge on any atom is 0.387 e. The number of carbonyl (C=O) groups excluding carboxylic acids is 1. The second-order valence-corrected chi connectivity index (χ2v) is 0.743. The van der Waals surface area contributed by atoms with Crippen molar-refractivity contribution in [1.29, 1.82) is 0 Å². The van der Waals surface area contributed by atoms with E-state index in [2.05, 4.69) is 15.2 Å². The molecule has 7 heavy (non-hydrogen) atoms. The fraction of sp³-hybridized carbons (Fsp3) is 0. The first-order valence-electron chi connectivity index (χ1n) is 1.37. The van der Waals surface area contributed by atoms with E-state index < -0.39 is 6.03 Å². The molecule has 0 saturated carbocycles. The van der Waals surface area contributed by atoms with Crippen LogP contribution in [0, 0.1) is 0 Å². The van der Waals surface area contributed by atoms with Gasteiger partial charge in [0.05, 0.1) is 0 Å². The molecule has 0 aliphatic carbocycles. The van der Waals surface area contributed by atoms with Crippen molar-refractivity contribution >= 4 is 12.4 Å². The summed E-state index contributed by atoms with van der Waals surface area (Å²) in [4.78, 5) is 12.9. The number of urea groups is 1. The van der Waals surface area contributed by atoms with E-state index in [9.17, 15) is 4.79 Å². The molecule has 0 aromatic rings. The predicted octanol–water partition coefficient (Wildman–Crippen LogP) is -2.40. The Bertz CT molecular complexity index is 115. The van der Waals surface area contributed by atoms with Gasteiger partial charge >= 0.3 is 6.03 Å². The highest BCUT2D eigenvalue weighted by Gasteiger charge is 1.93. The molecule has 0 aromatic heterocycles. The lowest BCUT2D eigenvalue weighted by Gasteiger charge is -1.58. The molecule has 1 heterocycles. The van der Waals surface area contributed by atoms with Crippen LogP contribution >= 0.6 is 0 Å². The van der Waals surface area contributed by atoms with Crippen molar-refractivity contribution in [2.75, 3.05) is 0 Å². The van der Waals surface area contributed by atoms with Gasteiger partial charge in [0.15, 0.2) is 0 Å². The monoisotopic (exact) mass is 118 g/mol. The van der Waals surface area contributed by atoms with Gasteiger partial charge in [-0.15, -0.1) is 5.11 Å². The second kappa shape index (κ2) is 2.41. The molecule has 1 aliphatic rings. The van der Waals surface area contributed by atoms with Gasteiger partial charge in [-0.05, 0) is 0 Å². The number of hydrogen-bond donors (Lipinski definition) is 0. The SMILES string of the molecule is O=C1N=CN=N1.[Cl-]. The molecule has 0 radical (unpaired) electrons. The Morgan fingerprint density at radius 1 is 1.57 bits per heavy atom. The third-order valence-corrected chi connectivity index (χ3v) is 0.363. The largest absolute Gasteiger partial charge is 1.00 e. The number of halogens is 1. The van der Waals surface area contributed by atoms with Crippen molar-refractivity contribution in [2.24, 2.45) is 15.2 Å². The zero-order valence-electron chi connectivity index (χ0n) is 3.21. The lowest BCUT2D eigenvalue weighted by molar-refractivity contribution is -0.00000447. The zero-order chi connectivity index (χ0) is 4.41. The van der Waals surface area contributed by atoms with Crippen molar-refractivity contribution in [1.82, 2.24) is 0 Å². The van der Waals surface area contributed by atoms with Crippen molar-refractivity contribution < 1.29 is 17.2 Å². The molecule has 4 nitrogen and oxygen atoms in total. The minimum atomic E-state index is -0.519. The minimum absolute atomic E-state index is 0. The van der Waals surface area contributed by atoms with Crippen LogP contribution in [-0.2, 0) is 0 Å². The lowest BCUT2D eigenvalue weighted by Crippen LogP contribution is -3.00. The van der Waals surface area contributed by atoms with Gasteiger partial charge in [-0.3, -0.25) is 0 Å². The third kappa shape index (κ3) is 1.41. The van der Waals surface area contributed by atoms with E-state index >= 15 is 0 Å². The van der Waals surface area contributed by atoms with Crippen LogP contribution < -0.4 is 12.4 Å². The number of aliphatic imine (C=N–C) groups is 1. The highest BCUT2D eigenvalue weighted by Crippen LogP contribution is 1.87. The summed E-state index contributed by atoms with van der Waals surface area (Å²) in [6.07, 6.45) is 1.11. The van der Waals surface area contributed by atoms with E-state index in [1.807, 2.05) is 0 Å². The molecule has 2 amide bonds. The Balaban J connectivity index is 0.000000360. The molecule has 0 unspecified atom stereocenters. The minimum Gasteiger partial charge on any atom is -1.00 e. The maximum atomic E-state index is 9.78. The van der Waals surface area contributed by atoms with Crippen molar-refractivity contribution in [3.63, 3.8) is 0 Å². The summed E-state index contributed by atoms with van der Waals surface area (Å²) in [6, 6.07) is -0.519. The molecule has 0 fully saturated rings. The molecule has 5 heteroatoms. The molecular weight excluding hydrogens is 117 g/mol. The van der Waals surface area contributed by atoms with Crippen LogP contribution in [0.3, 0.4) is 0 Å². The summed E-state index contributed by atoms with van der Waals surface area (Å²) in [6.45, 7) is 0. The Labute approximate surface area is 45.8 Å². The van der Waals surface area contributed by atoms with Crippen LogP contribution in [0.15, 0.2) is 15.2 Å². The van der Waals surface area contributed by atoms with Gasteiger partial charge in [0, 0.05) is 0 Å². The summed E-state index contributed by atoms with van der Waals surface area (Å²) < 4.78 is 0. The summed E-state index contributed by atoms with van der Waals surface area (Å²) in [5, 5.41) is 6.15. The Kier molecular flexibility index (Phi) is 2.15. The van der Waals surface area contributed by atoms with Gasteiger partial charge in [-0.2, -0.15) is 4.99 Å². The van der Waals surface area contributed by atoms with Crippen molar-refractivity contribution in [3.05, 3.63) is 0 Å². The summed E-state index contributed by atoms with van der Waals surface area (Å²) in [5.41, 5.74) is 0. The maximum absolute atomic E-state index is 9.78. The Hall–Kier alpha value is -0.770. The average Bonchev–Trinajstić information content (AvgIpc) is 1.86. The number of azo groups is 1. The van der Waals surface area contributed by atoms with Crippen molar-refractivity contribution in [2.45, 2.75) is 0 Å². The molecule has 38 valence electrons. The molecule has 0 aromatic carbocycles. The number of amides is 2. The quantitative estimate of drug-likeness (QED) is 0.350. The predicted molar refractivity (Wildman–Crippen MR) is 18.7 cm³/mol. The second-order valence-electron chi connectivity index (χ2n) is 0.743. The van der Waals surface area contributed by atoms with E-state index in [1.54, 1.807) is 0 Å². The Morgan fingerprint density at radius 3 is 2.43 bits per heavy atom. The summed E-state index contributed by atoms with van der Waals surface area (Å²) in [5.74, 6) is 0. The van der Waals surface area contributed by atoms with Crippen molar-refractivity contribution in [3.8, 4) is 0 Å². The molecule has 1 rings (SSSR count). The van der Waals surface area contributed by atoms with Crippen LogP contribution in [0.25, 0.3) is 0 Å². The molecule has 1 aliphatic heterocycles. The van der Waals surface area contributed by atoms with E-state index in [4.69, 9.17) is 0 Å². The van der Waals surface area contributed by atoms with Gasteiger partial charge < -0.3 is 12.4 Å². The van der Waals surface area contributed by atoms with E-state index in [0.717, 1.165) is 6.34 Å². The molecule has 0 saturated heterocycles. The molecular formula is C2HClN3O-. The van der Waals surface area contributed by atoms with Crippen LogP contribution in [-0.4, -0.2) is 12.4 Å². The van der Waals surface area contributed by atoms with Gasteiger partial charge in [-0.1, -0.05) is 5.11 Å². The molecule has 0 spiro atoms. The van der Waals surface area contributed by atoms with E-state index in [1.165, 1.54) is 0 Å². The first-order valence-corrected chi connectivity index (χ1v) is 1.37. The highest BCUT2D eigenvalue weighted by atomic mass is 35.5. The number of rotatable bonds is 0. The summed E-state index contributed by atoms with van der Waals surface area (Å²) >= 11 is 0.